The molecule has 2 unspecified atom stereocenters. The predicted molar refractivity (Wildman–Crippen MR) is 65.9 cm³/mol. The largest absolute Gasteiger partial charge is 0.369 e. The summed E-state index contributed by atoms with van der Waals surface area (Å²) in [6.07, 6.45) is 1.50. The number of primary amides is 1. The molecule has 2 amide bonds. The Bertz CT molecular complexity index is 319. The van der Waals surface area contributed by atoms with Crippen molar-refractivity contribution in [3.8, 4) is 0 Å². The van der Waals surface area contributed by atoms with Gasteiger partial charge in [0.25, 0.3) is 0 Å². The Balaban J connectivity index is 2.66. The Hall–Kier alpha value is -1.10. The molecule has 1 aliphatic rings. The number of hydrogen-bond acceptors (Lipinski definition) is 3. The second kappa shape index (κ2) is 5.04. The molecule has 98 valence electrons. The number of carbonyl (C=O) groups is 2. The highest BCUT2D eigenvalue weighted by atomic mass is 16.2. The zero-order chi connectivity index (χ0) is 13.2. The van der Waals surface area contributed by atoms with E-state index in [0.717, 1.165) is 6.42 Å². The maximum absolute atomic E-state index is 12.1. The maximum atomic E-state index is 12.1. The van der Waals surface area contributed by atoms with Crippen molar-refractivity contribution in [3.63, 3.8) is 0 Å². The molecule has 3 atom stereocenters. The number of nitrogens with zero attached hydrogens (tertiary/aromatic N) is 1. The lowest BCUT2D eigenvalue weighted by Gasteiger charge is -2.26. The third kappa shape index (κ3) is 2.77. The highest BCUT2D eigenvalue weighted by Gasteiger charge is 2.41. The van der Waals surface area contributed by atoms with E-state index in [-0.39, 0.29) is 17.7 Å². The highest BCUT2D eigenvalue weighted by molar-refractivity contribution is 5.85. The molecule has 1 aliphatic heterocycles. The van der Waals surface area contributed by atoms with Gasteiger partial charge in [-0.1, -0.05) is 20.3 Å². The van der Waals surface area contributed by atoms with Gasteiger partial charge in [-0.15, -0.1) is 0 Å². The Kier molecular flexibility index (Phi) is 4.14. The molecule has 1 heterocycles. The van der Waals surface area contributed by atoms with Gasteiger partial charge >= 0.3 is 0 Å². The van der Waals surface area contributed by atoms with Crippen LogP contribution >= 0.6 is 0 Å². The number of carbonyl (C=O) groups excluding carboxylic acids is 2. The molecule has 0 saturated carbocycles. The van der Waals surface area contributed by atoms with Crippen LogP contribution in [-0.2, 0) is 9.59 Å². The molecule has 0 aliphatic carbocycles. The fraction of sp³-hybridized carbons (Fsp3) is 0.833. The van der Waals surface area contributed by atoms with Crippen molar-refractivity contribution in [3.05, 3.63) is 0 Å². The second-order valence-corrected chi connectivity index (χ2v) is 5.35. The van der Waals surface area contributed by atoms with E-state index in [1.165, 1.54) is 0 Å². The first kappa shape index (κ1) is 14.0. The van der Waals surface area contributed by atoms with E-state index in [9.17, 15) is 9.59 Å². The molecule has 0 bridgehead atoms. The van der Waals surface area contributed by atoms with Crippen LogP contribution < -0.4 is 11.5 Å². The predicted octanol–water partition coefficient (Wildman–Crippen LogP) is 0.0837. The number of likely N-dealkylation sites (tertiary alicyclic amines) is 1. The Morgan fingerprint density at radius 3 is 2.47 bits per heavy atom. The molecule has 0 radical (unpaired) electrons. The molecular weight excluding hydrogens is 218 g/mol. The first-order valence-corrected chi connectivity index (χ1v) is 6.16. The fourth-order valence-electron chi connectivity index (χ4n) is 2.06. The molecule has 5 nitrogen and oxygen atoms in total. The average Bonchev–Trinajstić information content (AvgIpc) is 2.70. The number of amides is 2. The summed E-state index contributed by atoms with van der Waals surface area (Å²) in [5, 5.41) is 0. The first-order chi connectivity index (χ1) is 7.81. The Labute approximate surface area is 103 Å². The summed E-state index contributed by atoms with van der Waals surface area (Å²) < 4.78 is 0. The minimum Gasteiger partial charge on any atom is -0.369 e. The smallest absolute Gasteiger partial charge is 0.239 e. The molecule has 0 aromatic rings. The van der Waals surface area contributed by atoms with Gasteiger partial charge in [0.2, 0.25) is 11.8 Å². The van der Waals surface area contributed by atoms with E-state index in [1.807, 2.05) is 13.8 Å². The lowest BCUT2D eigenvalue weighted by atomic mass is 9.89. The van der Waals surface area contributed by atoms with Crippen LogP contribution in [0, 0.1) is 11.3 Å². The number of nitrogens with two attached hydrogens (primary N) is 2. The summed E-state index contributed by atoms with van der Waals surface area (Å²) >= 11 is 0. The standard InChI is InChI=1S/C12H23N3O2/c1-4-8(2)9(13)10(16)15-6-5-12(3,7-15)11(14)17/h8-9H,4-7,13H2,1-3H3,(H2,14,17)/t8?,9-,12?/m0/s1. The fourth-order valence-corrected chi connectivity index (χ4v) is 2.06. The summed E-state index contributed by atoms with van der Waals surface area (Å²) in [5.41, 5.74) is 10.7. The molecule has 1 fully saturated rings. The van der Waals surface area contributed by atoms with Crippen molar-refractivity contribution in [1.29, 1.82) is 0 Å². The normalized spacial score (nSPS) is 27.9. The van der Waals surface area contributed by atoms with E-state index in [4.69, 9.17) is 11.5 Å². The van der Waals surface area contributed by atoms with Crippen molar-refractivity contribution in [1.82, 2.24) is 4.90 Å². The molecule has 1 rings (SSSR count). The van der Waals surface area contributed by atoms with E-state index < -0.39 is 11.5 Å². The van der Waals surface area contributed by atoms with Crippen LogP contribution in [0.4, 0.5) is 0 Å². The van der Waals surface area contributed by atoms with Crippen molar-refractivity contribution < 1.29 is 9.59 Å². The first-order valence-electron chi connectivity index (χ1n) is 6.16. The van der Waals surface area contributed by atoms with Crippen molar-refractivity contribution >= 4 is 11.8 Å². The Morgan fingerprint density at radius 1 is 1.47 bits per heavy atom. The van der Waals surface area contributed by atoms with E-state index >= 15 is 0 Å². The zero-order valence-electron chi connectivity index (χ0n) is 10.9. The molecule has 0 aromatic carbocycles. The lowest BCUT2D eigenvalue weighted by molar-refractivity contribution is -0.133. The van der Waals surface area contributed by atoms with Crippen molar-refractivity contribution in [2.24, 2.45) is 22.8 Å². The highest BCUT2D eigenvalue weighted by Crippen LogP contribution is 2.30. The van der Waals surface area contributed by atoms with Crippen LogP contribution in [0.1, 0.15) is 33.6 Å². The zero-order valence-corrected chi connectivity index (χ0v) is 10.9. The van der Waals surface area contributed by atoms with Crippen LogP contribution in [0.2, 0.25) is 0 Å². The van der Waals surface area contributed by atoms with Crippen LogP contribution in [-0.4, -0.2) is 35.8 Å². The Morgan fingerprint density at radius 2 is 2.06 bits per heavy atom. The molecule has 17 heavy (non-hydrogen) atoms. The SMILES string of the molecule is CCC(C)[C@H](N)C(=O)N1CCC(C)(C(N)=O)C1. The summed E-state index contributed by atoms with van der Waals surface area (Å²) in [6, 6.07) is -0.477. The summed E-state index contributed by atoms with van der Waals surface area (Å²) in [4.78, 5) is 25.1. The van der Waals surface area contributed by atoms with Crippen LogP contribution in [0.3, 0.4) is 0 Å². The van der Waals surface area contributed by atoms with Gasteiger partial charge in [-0.2, -0.15) is 0 Å². The molecule has 1 saturated heterocycles. The van der Waals surface area contributed by atoms with Gasteiger partial charge in [0, 0.05) is 13.1 Å². The van der Waals surface area contributed by atoms with Crippen LogP contribution in [0.15, 0.2) is 0 Å². The third-order valence-corrected chi connectivity index (χ3v) is 3.92. The number of hydrogen-bond donors (Lipinski definition) is 2. The molecular formula is C12H23N3O2. The third-order valence-electron chi connectivity index (χ3n) is 3.92. The lowest BCUT2D eigenvalue weighted by Crippen LogP contribution is -2.47. The van der Waals surface area contributed by atoms with Crippen molar-refractivity contribution in [2.45, 2.75) is 39.7 Å². The van der Waals surface area contributed by atoms with Gasteiger partial charge in [-0.25, -0.2) is 0 Å². The van der Waals surface area contributed by atoms with Crippen LogP contribution in [0.25, 0.3) is 0 Å². The van der Waals surface area contributed by atoms with E-state index in [2.05, 4.69) is 0 Å². The average molecular weight is 241 g/mol. The monoisotopic (exact) mass is 241 g/mol. The number of rotatable bonds is 4. The molecule has 5 heteroatoms. The summed E-state index contributed by atoms with van der Waals surface area (Å²) in [7, 11) is 0. The van der Waals surface area contributed by atoms with E-state index in [1.54, 1.807) is 11.8 Å². The van der Waals surface area contributed by atoms with Gasteiger partial charge < -0.3 is 16.4 Å². The maximum Gasteiger partial charge on any atom is 0.239 e. The summed E-state index contributed by atoms with van der Waals surface area (Å²) in [5.74, 6) is -0.253. The topological polar surface area (TPSA) is 89.4 Å². The quantitative estimate of drug-likeness (QED) is 0.730. The molecule has 0 aromatic heterocycles. The molecule has 0 spiro atoms. The van der Waals surface area contributed by atoms with Gasteiger partial charge in [-0.05, 0) is 19.3 Å². The van der Waals surface area contributed by atoms with Crippen LogP contribution in [0.5, 0.6) is 0 Å². The molecule has 4 N–H and O–H groups in total. The summed E-state index contributed by atoms with van der Waals surface area (Å²) in [6.45, 7) is 6.74. The van der Waals surface area contributed by atoms with Gasteiger partial charge in [0.05, 0.1) is 11.5 Å². The minimum absolute atomic E-state index is 0.0654. The second-order valence-electron chi connectivity index (χ2n) is 5.35. The van der Waals surface area contributed by atoms with Gasteiger partial charge in [-0.3, -0.25) is 9.59 Å². The van der Waals surface area contributed by atoms with E-state index in [0.29, 0.717) is 19.5 Å². The van der Waals surface area contributed by atoms with Gasteiger partial charge in [0.15, 0.2) is 0 Å². The van der Waals surface area contributed by atoms with Gasteiger partial charge in [0.1, 0.15) is 0 Å². The van der Waals surface area contributed by atoms with Crippen molar-refractivity contribution in [2.75, 3.05) is 13.1 Å². The minimum atomic E-state index is -0.592.